The molecule has 1 aliphatic rings. The molecule has 0 saturated heterocycles. The van der Waals surface area contributed by atoms with E-state index >= 15 is 0 Å². The molecule has 1 aliphatic heterocycles. The van der Waals surface area contributed by atoms with Crippen LogP contribution in [-0.4, -0.2) is 32.1 Å². The van der Waals surface area contributed by atoms with Gasteiger partial charge in [0.2, 0.25) is 0 Å². The molecule has 2 rings (SSSR count). The molecule has 1 heterocycles. The third-order valence-corrected chi connectivity index (χ3v) is 2.90. The first kappa shape index (κ1) is 10.5. The van der Waals surface area contributed by atoms with Gasteiger partial charge in [-0.1, -0.05) is 18.2 Å². The van der Waals surface area contributed by atoms with E-state index in [0.29, 0.717) is 5.92 Å². The van der Waals surface area contributed by atoms with Gasteiger partial charge in [0, 0.05) is 12.5 Å². The molecular formula is C13H19NO. The van der Waals surface area contributed by atoms with Gasteiger partial charge >= 0.3 is 0 Å². The second-order valence-corrected chi connectivity index (χ2v) is 4.49. The van der Waals surface area contributed by atoms with Crippen molar-refractivity contribution in [3.8, 4) is 5.75 Å². The summed E-state index contributed by atoms with van der Waals surface area (Å²) in [6, 6.07) is 8.45. The topological polar surface area (TPSA) is 12.5 Å². The normalized spacial score (nSPS) is 20.6. The molecule has 2 heteroatoms. The van der Waals surface area contributed by atoms with Gasteiger partial charge in [0.15, 0.2) is 0 Å². The summed E-state index contributed by atoms with van der Waals surface area (Å²) in [5.41, 5.74) is 1.38. The van der Waals surface area contributed by atoms with E-state index in [1.54, 1.807) is 0 Å². The first-order valence-electron chi connectivity index (χ1n) is 5.64. The van der Waals surface area contributed by atoms with Crippen molar-refractivity contribution in [3.63, 3.8) is 0 Å². The fourth-order valence-electron chi connectivity index (χ4n) is 2.25. The maximum atomic E-state index is 5.74. The minimum atomic E-state index is 0.624. The molecule has 1 aromatic carbocycles. The highest BCUT2D eigenvalue weighted by molar-refractivity contribution is 5.37. The maximum absolute atomic E-state index is 5.74. The van der Waals surface area contributed by atoms with Crippen LogP contribution in [-0.2, 0) is 0 Å². The number of ether oxygens (including phenoxy) is 1. The molecule has 0 fully saturated rings. The van der Waals surface area contributed by atoms with Gasteiger partial charge in [-0.05, 0) is 38.6 Å². The Morgan fingerprint density at radius 1 is 1.33 bits per heavy atom. The van der Waals surface area contributed by atoms with Gasteiger partial charge in [0.1, 0.15) is 5.75 Å². The first-order valence-corrected chi connectivity index (χ1v) is 5.64. The molecule has 0 N–H and O–H groups in total. The SMILES string of the molecule is CN(C)CC1CCCOc2ccccc21. The minimum Gasteiger partial charge on any atom is -0.493 e. The van der Waals surface area contributed by atoms with Crippen LogP contribution in [0.4, 0.5) is 0 Å². The Kier molecular flexibility index (Phi) is 3.27. The highest BCUT2D eigenvalue weighted by Gasteiger charge is 2.19. The lowest BCUT2D eigenvalue weighted by molar-refractivity contribution is 0.313. The smallest absolute Gasteiger partial charge is 0.122 e. The predicted molar refractivity (Wildman–Crippen MR) is 62.5 cm³/mol. The number of likely N-dealkylation sites (N-methyl/N-ethyl adjacent to an activating group) is 1. The summed E-state index contributed by atoms with van der Waals surface area (Å²) < 4.78 is 5.74. The Hall–Kier alpha value is -1.02. The quantitative estimate of drug-likeness (QED) is 0.735. The highest BCUT2D eigenvalue weighted by Crippen LogP contribution is 2.32. The van der Waals surface area contributed by atoms with E-state index in [2.05, 4.69) is 43.3 Å². The van der Waals surface area contributed by atoms with Crippen molar-refractivity contribution in [2.24, 2.45) is 0 Å². The van der Waals surface area contributed by atoms with Crippen LogP contribution in [0.3, 0.4) is 0 Å². The van der Waals surface area contributed by atoms with E-state index in [4.69, 9.17) is 4.74 Å². The van der Waals surface area contributed by atoms with Crippen LogP contribution in [0, 0.1) is 0 Å². The number of benzene rings is 1. The van der Waals surface area contributed by atoms with Crippen LogP contribution in [0.5, 0.6) is 5.75 Å². The maximum Gasteiger partial charge on any atom is 0.122 e. The zero-order valence-electron chi connectivity index (χ0n) is 9.57. The minimum absolute atomic E-state index is 0.624. The van der Waals surface area contributed by atoms with Crippen molar-refractivity contribution in [1.29, 1.82) is 0 Å². The molecule has 1 aromatic rings. The number of hydrogen-bond donors (Lipinski definition) is 0. The summed E-state index contributed by atoms with van der Waals surface area (Å²) in [5, 5.41) is 0. The van der Waals surface area contributed by atoms with Crippen molar-refractivity contribution in [2.75, 3.05) is 27.2 Å². The van der Waals surface area contributed by atoms with Crippen LogP contribution in [0.15, 0.2) is 24.3 Å². The lowest BCUT2D eigenvalue weighted by Crippen LogP contribution is -2.20. The molecule has 0 radical (unpaired) electrons. The molecule has 1 atom stereocenters. The number of fused-ring (bicyclic) bond motifs is 1. The second kappa shape index (κ2) is 4.67. The monoisotopic (exact) mass is 205 g/mol. The zero-order valence-corrected chi connectivity index (χ0v) is 9.57. The lowest BCUT2D eigenvalue weighted by Gasteiger charge is -2.20. The summed E-state index contributed by atoms with van der Waals surface area (Å²) in [7, 11) is 4.27. The number of nitrogens with zero attached hydrogens (tertiary/aromatic N) is 1. The van der Waals surface area contributed by atoms with E-state index in [1.165, 1.54) is 12.0 Å². The van der Waals surface area contributed by atoms with Gasteiger partial charge in [0.25, 0.3) is 0 Å². The van der Waals surface area contributed by atoms with Gasteiger partial charge in [-0.15, -0.1) is 0 Å². The molecule has 0 spiro atoms. The standard InChI is InChI=1S/C13H19NO/c1-14(2)10-11-6-5-9-15-13-8-4-3-7-12(11)13/h3-4,7-8,11H,5-6,9-10H2,1-2H3. The Bertz CT molecular complexity index is 322. The fraction of sp³-hybridized carbons (Fsp3) is 0.538. The molecule has 0 aromatic heterocycles. The fourth-order valence-corrected chi connectivity index (χ4v) is 2.25. The number of rotatable bonds is 2. The first-order chi connectivity index (χ1) is 7.27. The van der Waals surface area contributed by atoms with Crippen LogP contribution in [0.2, 0.25) is 0 Å². The third-order valence-electron chi connectivity index (χ3n) is 2.90. The molecular weight excluding hydrogens is 186 g/mol. The predicted octanol–water partition coefficient (Wildman–Crippen LogP) is 2.50. The molecule has 0 bridgehead atoms. The second-order valence-electron chi connectivity index (χ2n) is 4.49. The summed E-state index contributed by atoms with van der Waals surface area (Å²) in [4.78, 5) is 2.26. The Balaban J connectivity index is 2.24. The molecule has 0 saturated carbocycles. The molecule has 82 valence electrons. The van der Waals surface area contributed by atoms with Crippen LogP contribution >= 0.6 is 0 Å². The van der Waals surface area contributed by atoms with Gasteiger partial charge in [0.05, 0.1) is 6.61 Å². The van der Waals surface area contributed by atoms with E-state index in [-0.39, 0.29) is 0 Å². The summed E-state index contributed by atoms with van der Waals surface area (Å²) >= 11 is 0. The van der Waals surface area contributed by atoms with E-state index in [1.807, 2.05) is 0 Å². The summed E-state index contributed by atoms with van der Waals surface area (Å²) in [5.74, 6) is 1.71. The molecule has 1 unspecified atom stereocenters. The van der Waals surface area contributed by atoms with Crippen molar-refractivity contribution in [1.82, 2.24) is 4.90 Å². The highest BCUT2D eigenvalue weighted by atomic mass is 16.5. The van der Waals surface area contributed by atoms with Crippen LogP contribution in [0.1, 0.15) is 24.3 Å². The van der Waals surface area contributed by atoms with Gasteiger partial charge in [-0.25, -0.2) is 0 Å². The van der Waals surface area contributed by atoms with Crippen molar-refractivity contribution in [3.05, 3.63) is 29.8 Å². The number of para-hydroxylation sites is 1. The zero-order chi connectivity index (χ0) is 10.7. The van der Waals surface area contributed by atoms with E-state index in [0.717, 1.165) is 25.3 Å². The summed E-state index contributed by atoms with van der Waals surface area (Å²) in [6.07, 6.45) is 2.39. The molecule has 2 nitrogen and oxygen atoms in total. The van der Waals surface area contributed by atoms with Gasteiger partial charge < -0.3 is 9.64 Å². The third kappa shape index (κ3) is 2.51. The van der Waals surface area contributed by atoms with Crippen LogP contribution in [0.25, 0.3) is 0 Å². The lowest BCUT2D eigenvalue weighted by atomic mass is 9.94. The average Bonchev–Trinajstić information content (AvgIpc) is 2.41. The Morgan fingerprint density at radius 2 is 2.13 bits per heavy atom. The van der Waals surface area contributed by atoms with Crippen LogP contribution < -0.4 is 4.74 Å². The van der Waals surface area contributed by atoms with Crippen molar-refractivity contribution < 1.29 is 4.74 Å². The average molecular weight is 205 g/mol. The van der Waals surface area contributed by atoms with Crippen molar-refractivity contribution in [2.45, 2.75) is 18.8 Å². The van der Waals surface area contributed by atoms with E-state index < -0.39 is 0 Å². The van der Waals surface area contributed by atoms with Gasteiger partial charge in [-0.3, -0.25) is 0 Å². The molecule has 0 amide bonds. The molecule has 15 heavy (non-hydrogen) atoms. The molecule has 0 aliphatic carbocycles. The van der Waals surface area contributed by atoms with E-state index in [9.17, 15) is 0 Å². The van der Waals surface area contributed by atoms with Crippen molar-refractivity contribution >= 4 is 0 Å². The largest absolute Gasteiger partial charge is 0.493 e. The number of hydrogen-bond acceptors (Lipinski definition) is 2. The Labute approximate surface area is 91.9 Å². The Morgan fingerprint density at radius 3 is 2.93 bits per heavy atom. The summed E-state index contributed by atoms with van der Waals surface area (Å²) in [6.45, 7) is 1.97. The van der Waals surface area contributed by atoms with Gasteiger partial charge in [-0.2, -0.15) is 0 Å².